The fourth-order valence-corrected chi connectivity index (χ4v) is 3.56. The van der Waals surface area contributed by atoms with Crippen LogP contribution in [0.4, 0.5) is 0 Å². The number of nitrogens with zero attached hydrogens (tertiary/aromatic N) is 3. The van der Waals surface area contributed by atoms with Crippen molar-refractivity contribution in [2.24, 2.45) is 0 Å². The molecule has 3 aromatic rings. The monoisotopic (exact) mass is 375 g/mol. The molecule has 0 N–H and O–H groups in total. The highest BCUT2D eigenvalue weighted by molar-refractivity contribution is 5.62. The number of morpholine rings is 1. The molecule has 1 fully saturated rings. The normalized spacial score (nSPS) is 17.4. The van der Waals surface area contributed by atoms with Crippen LogP contribution >= 0.6 is 0 Å². The van der Waals surface area contributed by atoms with Gasteiger partial charge in [-0.2, -0.15) is 0 Å². The summed E-state index contributed by atoms with van der Waals surface area (Å²) < 4.78 is 11.3. The van der Waals surface area contributed by atoms with Crippen LogP contribution < -0.4 is 4.74 Å². The van der Waals surface area contributed by atoms with Gasteiger partial charge in [0.1, 0.15) is 11.9 Å². The van der Waals surface area contributed by atoms with E-state index in [1.807, 2.05) is 24.3 Å². The molecule has 28 heavy (non-hydrogen) atoms. The third-order valence-corrected chi connectivity index (χ3v) is 5.11. The first-order valence-electron chi connectivity index (χ1n) is 9.66. The smallest absolute Gasteiger partial charge is 0.118 e. The summed E-state index contributed by atoms with van der Waals surface area (Å²) in [5.41, 5.74) is 4.16. The van der Waals surface area contributed by atoms with Crippen LogP contribution in [0.15, 0.2) is 67.0 Å². The lowest BCUT2D eigenvalue weighted by atomic mass is 10.0. The molecule has 0 spiro atoms. The van der Waals surface area contributed by atoms with Gasteiger partial charge < -0.3 is 9.47 Å². The van der Waals surface area contributed by atoms with Gasteiger partial charge in [0.05, 0.1) is 25.1 Å². The molecule has 0 radical (unpaired) electrons. The fourth-order valence-electron chi connectivity index (χ4n) is 3.56. The molecule has 144 valence electrons. The van der Waals surface area contributed by atoms with E-state index < -0.39 is 0 Å². The van der Waals surface area contributed by atoms with Crippen molar-refractivity contribution in [1.82, 2.24) is 14.9 Å². The molecular weight excluding hydrogens is 350 g/mol. The third-order valence-electron chi connectivity index (χ3n) is 5.11. The molecule has 1 atom stereocenters. The number of hydrogen-bond acceptors (Lipinski definition) is 5. The van der Waals surface area contributed by atoms with E-state index in [2.05, 4.69) is 45.2 Å². The molecule has 1 aliphatic heterocycles. The van der Waals surface area contributed by atoms with Crippen LogP contribution in [0, 0.1) is 0 Å². The average molecular weight is 375 g/mol. The molecule has 2 aromatic carbocycles. The minimum absolute atomic E-state index is 0.0738. The maximum atomic E-state index is 6.08. The summed E-state index contributed by atoms with van der Waals surface area (Å²) in [6.45, 7) is 3.50. The van der Waals surface area contributed by atoms with Crippen LogP contribution in [-0.2, 0) is 11.2 Å². The number of methoxy groups -OCH3 is 1. The standard InChI is InChI=1S/C23H25N3O2/c1-27-20-9-7-19(8-10-20)22-23(25-13-12-24-22)21-17-26(15-16-28-21)14-11-18-5-3-2-4-6-18/h2-10,12-13,21H,11,14-17H2,1H3/t21-/m1/s1. The topological polar surface area (TPSA) is 47.5 Å². The Balaban J connectivity index is 1.49. The first kappa shape index (κ1) is 18.6. The predicted octanol–water partition coefficient (Wildman–Crippen LogP) is 3.77. The molecule has 0 amide bonds. The van der Waals surface area contributed by atoms with E-state index in [0.29, 0.717) is 6.61 Å². The SMILES string of the molecule is COc1ccc(-c2nccnc2[C@H]2CN(CCc3ccccc3)CCO2)cc1. The summed E-state index contributed by atoms with van der Waals surface area (Å²) >= 11 is 0. The molecule has 4 rings (SSSR count). The lowest BCUT2D eigenvalue weighted by molar-refractivity contribution is -0.0315. The van der Waals surface area contributed by atoms with Gasteiger partial charge in [-0.3, -0.25) is 14.9 Å². The highest BCUT2D eigenvalue weighted by Crippen LogP contribution is 2.29. The lowest BCUT2D eigenvalue weighted by Crippen LogP contribution is -2.39. The quantitative estimate of drug-likeness (QED) is 0.656. The Morgan fingerprint density at radius 1 is 1.04 bits per heavy atom. The highest BCUT2D eigenvalue weighted by Gasteiger charge is 2.26. The van der Waals surface area contributed by atoms with Gasteiger partial charge in [0.2, 0.25) is 0 Å². The van der Waals surface area contributed by atoms with Gasteiger partial charge in [0, 0.05) is 37.6 Å². The molecule has 1 saturated heterocycles. The van der Waals surface area contributed by atoms with Gasteiger partial charge in [-0.15, -0.1) is 0 Å². The Morgan fingerprint density at radius 3 is 2.61 bits per heavy atom. The van der Waals surface area contributed by atoms with Crippen LogP contribution in [0.2, 0.25) is 0 Å². The van der Waals surface area contributed by atoms with Crippen molar-refractivity contribution in [3.05, 3.63) is 78.2 Å². The van der Waals surface area contributed by atoms with Gasteiger partial charge in [0.25, 0.3) is 0 Å². The number of hydrogen-bond donors (Lipinski definition) is 0. The van der Waals surface area contributed by atoms with Crippen molar-refractivity contribution in [3.63, 3.8) is 0 Å². The van der Waals surface area contributed by atoms with Crippen LogP contribution in [-0.4, -0.2) is 48.2 Å². The number of rotatable bonds is 6. The van der Waals surface area contributed by atoms with Gasteiger partial charge in [-0.05, 0) is 36.2 Å². The second kappa shape index (κ2) is 8.95. The molecule has 1 aliphatic rings. The average Bonchev–Trinajstić information content (AvgIpc) is 2.79. The van der Waals surface area contributed by atoms with Crippen LogP contribution in [0.5, 0.6) is 5.75 Å². The van der Waals surface area contributed by atoms with E-state index in [4.69, 9.17) is 9.47 Å². The summed E-state index contributed by atoms with van der Waals surface area (Å²) in [4.78, 5) is 11.7. The molecule has 0 bridgehead atoms. The van der Waals surface area contributed by atoms with Crippen molar-refractivity contribution in [3.8, 4) is 17.0 Å². The molecule has 0 unspecified atom stereocenters. The van der Waals surface area contributed by atoms with Crippen molar-refractivity contribution >= 4 is 0 Å². The van der Waals surface area contributed by atoms with E-state index in [-0.39, 0.29) is 6.10 Å². The fraction of sp³-hybridized carbons (Fsp3) is 0.304. The Labute approximate surface area is 166 Å². The molecule has 0 aliphatic carbocycles. The molecule has 2 heterocycles. The Morgan fingerprint density at radius 2 is 1.82 bits per heavy atom. The summed E-state index contributed by atoms with van der Waals surface area (Å²) in [7, 11) is 1.67. The number of benzene rings is 2. The molecule has 0 saturated carbocycles. The van der Waals surface area contributed by atoms with E-state index in [0.717, 1.165) is 48.8 Å². The molecule has 1 aromatic heterocycles. The van der Waals surface area contributed by atoms with Crippen LogP contribution in [0.3, 0.4) is 0 Å². The summed E-state index contributed by atoms with van der Waals surface area (Å²) in [5, 5.41) is 0. The van der Waals surface area contributed by atoms with E-state index in [9.17, 15) is 0 Å². The zero-order chi connectivity index (χ0) is 19.2. The van der Waals surface area contributed by atoms with Crippen molar-refractivity contribution in [2.45, 2.75) is 12.5 Å². The first-order chi connectivity index (χ1) is 13.8. The van der Waals surface area contributed by atoms with Crippen molar-refractivity contribution < 1.29 is 9.47 Å². The van der Waals surface area contributed by atoms with Crippen LogP contribution in [0.25, 0.3) is 11.3 Å². The van der Waals surface area contributed by atoms with Crippen LogP contribution in [0.1, 0.15) is 17.4 Å². The number of ether oxygens (including phenoxy) is 2. The minimum atomic E-state index is -0.0738. The van der Waals surface area contributed by atoms with E-state index in [1.165, 1.54) is 5.56 Å². The highest BCUT2D eigenvalue weighted by atomic mass is 16.5. The van der Waals surface area contributed by atoms with Gasteiger partial charge >= 0.3 is 0 Å². The molecular formula is C23H25N3O2. The van der Waals surface area contributed by atoms with Crippen molar-refractivity contribution in [2.75, 3.05) is 33.4 Å². The predicted molar refractivity (Wildman–Crippen MR) is 109 cm³/mol. The Kier molecular flexibility index (Phi) is 5.95. The zero-order valence-corrected chi connectivity index (χ0v) is 16.1. The van der Waals surface area contributed by atoms with Gasteiger partial charge in [0.15, 0.2) is 0 Å². The summed E-state index contributed by atoms with van der Waals surface area (Å²) in [6, 6.07) is 18.5. The van der Waals surface area contributed by atoms with Gasteiger partial charge in [-0.25, -0.2) is 0 Å². The Bertz CT molecular complexity index is 884. The minimum Gasteiger partial charge on any atom is -0.497 e. The summed E-state index contributed by atoms with van der Waals surface area (Å²) in [5.74, 6) is 0.829. The molecule has 5 nitrogen and oxygen atoms in total. The zero-order valence-electron chi connectivity index (χ0n) is 16.1. The van der Waals surface area contributed by atoms with E-state index in [1.54, 1.807) is 19.5 Å². The second-order valence-corrected chi connectivity index (χ2v) is 6.91. The maximum absolute atomic E-state index is 6.08. The van der Waals surface area contributed by atoms with Crippen molar-refractivity contribution in [1.29, 1.82) is 0 Å². The summed E-state index contributed by atoms with van der Waals surface area (Å²) in [6.07, 6.45) is 4.45. The first-order valence-corrected chi connectivity index (χ1v) is 9.66. The maximum Gasteiger partial charge on any atom is 0.118 e. The third kappa shape index (κ3) is 4.38. The lowest BCUT2D eigenvalue weighted by Gasteiger charge is -2.33. The number of aromatic nitrogens is 2. The Hall–Kier alpha value is -2.76. The molecule has 5 heteroatoms. The van der Waals surface area contributed by atoms with E-state index >= 15 is 0 Å². The second-order valence-electron chi connectivity index (χ2n) is 6.91. The largest absolute Gasteiger partial charge is 0.497 e. The van der Waals surface area contributed by atoms with Gasteiger partial charge in [-0.1, -0.05) is 30.3 Å².